The van der Waals surface area contributed by atoms with Crippen molar-refractivity contribution in [1.29, 1.82) is 0 Å². The lowest BCUT2D eigenvalue weighted by Gasteiger charge is -2.32. The van der Waals surface area contributed by atoms with Crippen LogP contribution in [0.5, 0.6) is 0 Å². The number of nitrogens with zero attached hydrogens (tertiary/aromatic N) is 1. The molecular formula is C14H16BrF3N2. The zero-order chi connectivity index (χ0) is 14.3. The third-order valence-corrected chi connectivity index (χ3v) is 4.96. The Morgan fingerprint density at radius 2 is 1.95 bits per heavy atom. The van der Waals surface area contributed by atoms with Gasteiger partial charge in [-0.15, -0.1) is 0 Å². The number of hydrogen-bond donors (Lipinski definition) is 1. The first kappa shape index (κ1) is 14.2. The number of benzene rings is 1. The largest absolute Gasteiger partial charge is 0.416 e. The zero-order valence-electron chi connectivity index (χ0n) is 10.9. The van der Waals surface area contributed by atoms with Crippen LogP contribution in [-0.4, -0.2) is 30.6 Å². The van der Waals surface area contributed by atoms with Crippen molar-refractivity contribution in [3.63, 3.8) is 0 Å². The van der Waals surface area contributed by atoms with Gasteiger partial charge >= 0.3 is 6.18 Å². The summed E-state index contributed by atoms with van der Waals surface area (Å²) in [5, 5.41) is 3.32. The summed E-state index contributed by atoms with van der Waals surface area (Å²) in [5.74, 6) is 0.546. The number of halogens is 4. The molecular weight excluding hydrogens is 333 g/mol. The van der Waals surface area contributed by atoms with E-state index in [0.29, 0.717) is 16.1 Å². The molecule has 2 fully saturated rings. The number of rotatable bonds is 2. The smallest absolute Gasteiger partial charge is 0.381 e. The Kier molecular flexibility index (Phi) is 3.71. The molecule has 2 aliphatic heterocycles. The molecule has 2 heterocycles. The average Bonchev–Trinajstić information content (AvgIpc) is 2.77. The Bertz CT molecular complexity index is 504. The Morgan fingerprint density at radius 3 is 2.70 bits per heavy atom. The Morgan fingerprint density at radius 1 is 1.20 bits per heavy atom. The Labute approximate surface area is 124 Å². The van der Waals surface area contributed by atoms with Crippen LogP contribution in [0.1, 0.15) is 18.4 Å². The van der Waals surface area contributed by atoms with E-state index in [1.165, 1.54) is 12.1 Å². The van der Waals surface area contributed by atoms with E-state index in [4.69, 9.17) is 0 Å². The lowest BCUT2D eigenvalue weighted by Crippen LogP contribution is -2.39. The van der Waals surface area contributed by atoms with Crippen LogP contribution in [0.3, 0.4) is 0 Å². The minimum Gasteiger partial charge on any atom is -0.381 e. The van der Waals surface area contributed by atoms with Crippen LogP contribution in [0.25, 0.3) is 0 Å². The maximum atomic E-state index is 12.8. The molecule has 2 nitrogen and oxygen atoms in total. The van der Waals surface area contributed by atoms with E-state index in [-0.39, 0.29) is 6.04 Å². The average molecular weight is 349 g/mol. The van der Waals surface area contributed by atoms with Gasteiger partial charge in [0, 0.05) is 29.3 Å². The summed E-state index contributed by atoms with van der Waals surface area (Å²) < 4.78 is 39.0. The molecule has 0 aromatic heterocycles. The predicted molar refractivity (Wildman–Crippen MR) is 75.7 cm³/mol. The molecule has 0 radical (unpaired) electrons. The van der Waals surface area contributed by atoms with E-state index in [0.717, 1.165) is 38.5 Å². The molecule has 6 heteroatoms. The van der Waals surface area contributed by atoms with Gasteiger partial charge in [-0.1, -0.05) is 0 Å². The second-order valence-electron chi connectivity index (χ2n) is 5.58. The van der Waals surface area contributed by atoms with Crippen molar-refractivity contribution < 1.29 is 13.2 Å². The van der Waals surface area contributed by atoms with Crippen molar-refractivity contribution in [2.75, 3.05) is 25.0 Å². The minimum atomic E-state index is -4.30. The van der Waals surface area contributed by atoms with E-state index in [1.54, 1.807) is 0 Å². The van der Waals surface area contributed by atoms with Crippen molar-refractivity contribution in [2.45, 2.75) is 25.1 Å². The van der Waals surface area contributed by atoms with Gasteiger partial charge in [-0.25, -0.2) is 0 Å². The highest BCUT2D eigenvalue weighted by Crippen LogP contribution is 2.36. The highest BCUT2D eigenvalue weighted by atomic mass is 79.9. The molecule has 3 rings (SSSR count). The number of alkyl halides is 3. The summed E-state index contributed by atoms with van der Waals surface area (Å²) in [5.41, 5.74) is -0.0581. The van der Waals surface area contributed by atoms with Crippen molar-refractivity contribution >= 4 is 21.6 Å². The summed E-state index contributed by atoms with van der Waals surface area (Å²) in [6.07, 6.45) is -2.17. The summed E-state index contributed by atoms with van der Waals surface area (Å²) in [6.45, 7) is 3.21. The van der Waals surface area contributed by atoms with Gasteiger partial charge in [-0.2, -0.15) is 13.2 Å². The van der Waals surface area contributed by atoms with Crippen molar-refractivity contribution in [3.05, 3.63) is 28.2 Å². The number of nitrogens with one attached hydrogen (secondary N) is 1. The van der Waals surface area contributed by atoms with Gasteiger partial charge in [0.05, 0.1) is 5.56 Å². The molecule has 2 aliphatic rings. The first-order valence-corrected chi connectivity index (χ1v) is 7.58. The van der Waals surface area contributed by atoms with Crippen LogP contribution in [0.15, 0.2) is 22.7 Å². The molecule has 1 aromatic rings. The molecule has 1 N–H and O–H groups in total. The highest BCUT2D eigenvalue weighted by Gasteiger charge is 2.35. The first-order chi connectivity index (χ1) is 9.43. The van der Waals surface area contributed by atoms with Crippen LogP contribution >= 0.6 is 15.9 Å². The summed E-state index contributed by atoms with van der Waals surface area (Å²) >= 11 is 3.34. The van der Waals surface area contributed by atoms with Gasteiger partial charge in [-0.3, -0.25) is 0 Å². The van der Waals surface area contributed by atoms with E-state index in [2.05, 4.69) is 26.1 Å². The molecule has 0 spiro atoms. The van der Waals surface area contributed by atoms with Gasteiger partial charge in [0.2, 0.25) is 0 Å². The number of piperidine rings is 1. The van der Waals surface area contributed by atoms with Crippen LogP contribution in [0, 0.1) is 5.92 Å². The van der Waals surface area contributed by atoms with E-state index in [1.807, 2.05) is 0 Å². The van der Waals surface area contributed by atoms with E-state index in [9.17, 15) is 13.2 Å². The van der Waals surface area contributed by atoms with Crippen LogP contribution < -0.4 is 5.32 Å². The number of fused-ring (bicyclic) bond motifs is 2. The predicted octanol–water partition coefficient (Wildman–Crippen LogP) is 3.97. The number of hydrogen-bond acceptors (Lipinski definition) is 2. The van der Waals surface area contributed by atoms with Gasteiger partial charge < -0.3 is 10.2 Å². The molecule has 0 amide bonds. The molecule has 0 aliphatic carbocycles. The fourth-order valence-corrected chi connectivity index (χ4v) is 3.51. The Hall–Kier alpha value is -0.750. The standard InChI is InChI=1S/C14H16BrF3N2/c15-11-2-1-10(14(16,17)18)7-13(11)19-12-4-6-20-5-3-9(12)8-20/h1-2,7,9,12,19H,3-6,8H2. The van der Waals surface area contributed by atoms with Gasteiger partial charge in [0.1, 0.15) is 0 Å². The van der Waals surface area contributed by atoms with Crippen molar-refractivity contribution in [3.8, 4) is 0 Å². The van der Waals surface area contributed by atoms with Crippen molar-refractivity contribution in [2.24, 2.45) is 5.92 Å². The molecule has 20 heavy (non-hydrogen) atoms. The van der Waals surface area contributed by atoms with E-state index >= 15 is 0 Å². The van der Waals surface area contributed by atoms with Gasteiger partial charge in [0.25, 0.3) is 0 Å². The first-order valence-electron chi connectivity index (χ1n) is 6.79. The maximum Gasteiger partial charge on any atom is 0.416 e. The van der Waals surface area contributed by atoms with Crippen LogP contribution in [0.4, 0.5) is 18.9 Å². The SMILES string of the molecule is FC(F)(F)c1ccc(Br)c(NC2CCN3CCC2C3)c1. The summed E-state index contributed by atoms with van der Waals surface area (Å²) in [7, 11) is 0. The summed E-state index contributed by atoms with van der Waals surface area (Å²) in [6, 6.07) is 4.04. The Balaban J connectivity index is 1.79. The van der Waals surface area contributed by atoms with Gasteiger partial charge in [0.15, 0.2) is 0 Å². The molecule has 3 atom stereocenters. The lowest BCUT2D eigenvalue weighted by atomic mass is 9.94. The molecule has 110 valence electrons. The highest BCUT2D eigenvalue weighted by molar-refractivity contribution is 9.10. The molecule has 2 saturated heterocycles. The third-order valence-electron chi connectivity index (χ3n) is 4.27. The fraction of sp³-hybridized carbons (Fsp3) is 0.571. The van der Waals surface area contributed by atoms with Crippen LogP contribution in [-0.2, 0) is 6.18 Å². The third kappa shape index (κ3) is 2.81. The molecule has 2 bridgehead atoms. The molecule has 0 saturated carbocycles. The van der Waals surface area contributed by atoms with Crippen molar-refractivity contribution in [1.82, 2.24) is 4.90 Å². The molecule has 1 aromatic carbocycles. The summed E-state index contributed by atoms with van der Waals surface area (Å²) in [4.78, 5) is 2.42. The van der Waals surface area contributed by atoms with Crippen LogP contribution in [0.2, 0.25) is 0 Å². The normalized spacial score (nSPS) is 29.5. The maximum absolute atomic E-state index is 12.8. The zero-order valence-corrected chi connectivity index (χ0v) is 12.5. The number of anilines is 1. The quantitative estimate of drug-likeness (QED) is 0.869. The minimum absolute atomic E-state index is 0.272. The second-order valence-corrected chi connectivity index (χ2v) is 6.44. The fourth-order valence-electron chi connectivity index (χ4n) is 3.15. The second kappa shape index (κ2) is 5.22. The monoisotopic (exact) mass is 348 g/mol. The topological polar surface area (TPSA) is 15.3 Å². The van der Waals surface area contributed by atoms with Gasteiger partial charge in [-0.05, 0) is 59.4 Å². The lowest BCUT2D eigenvalue weighted by molar-refractivity contribution is -0.137. The van der Waals surface area contributed by atoms with E-state index < -0.39 is 11.7 Å². The molecule has 3 unspecified atom stereocenters.